The Kier molecular flexibility index (Phi) is 5.73. The molecule has 0 saturated heterocycles. The number of hydrogen-bond acceptors (Lipinski definition) is 5. The van der Waals surface area contributed by atoms with Crippen molar-refractivity contribution >= 4 is 44.7 Å². The van der Waals surface area contributed by atoms with Gasteiger partial charge in [-0.3, -0.25) is 4.57 Å². The quantitative estimate of drug-likeness (QED) is 0.271. The van der Waals surface area contributed by atoms with Gasteiger partial charge in [0.05, 0.1) is 6.54 Å². The third kappa shape index (κ3) is 3.89. The SMILES string of the molecule is CCCCCSc1nc(N)c2nc(Br)n(Cc3ccccc3)c2n1. The van der Waals surface area contributed by atoms with Crippen LogP contribution in [0.5, 0.6) is 0 Å². The molecule has 2 heterocycles. The number of unbranched alkanes of at least 4 members (excludes halogenated alkanes) is 2. The fraction of sp³-hybridized carbons (Fsp3) is 0.353. The molecule has 5 nitrogen and oxygen atoms in total. The fourth-order valence-electron chi connectivity index (χ4n) is 2.46. The Labute approximate surface area is 154 Å². The molecule has 126 valence electrons. The lowest BCUT2D eigenvalue weighted by Gasteiger charge is -2.07. The van der Waals surface area contributed by atoms with Gasteiger partial charge in [-0.15, -0.1) is 0 Å². The zero-order valence-corrected chi connectivity index (χ0v) is 16.0. The molecule has 0 fully saturated rings. The summed E-state index contributed by atoms with van der Waals surface area (Å²) in [7, 11) is 0. The minimum Gasteiger partial charge on any atom is -0.382 e. The largest absolute Gasteiger partial charge is 0.382 e. The number of imidazole rings is 1. The highest BCUT2D eigenvalue weighted by Gasteiger charge is 2.15. The highest BCUT2D eigenvalue weighted by atomic mass is 79.9. The Morgan fingerprint density at radius 3 is 2.67 bits per heavy atom. The van der Waals surface area contributed by atoms with Crippen LogP contribution in [0, 0.1) is 0 Å². The van der Waals surface area contributed by atoms with Gasteiger partial charge >= 0.3 is 0 Å². The number of anilines is 1. The average molecular weight is 406 g/mol. The molecule has 24 heavy (non-hydrogen) atoms. The van der Waals surface area contributed by atoms with E-state index in [1.54, 1.807) is 11.8 Å². The monoisotopic (exact) mass is 405 g/mol. The standard InChI is InChI=1S/C17H20BrN5S/c1-2-3-7-10-24-17-21-14(19)13-15(22-17)23(16(18)20-13)11-12-8-5-4-6-9-12/h4-6,8-9H,2-3,7,10-11H2,1H3,(H2,19,21,22). The number of halogens is 1. The molecule has 0 saturated carbocycles. The van der Waals surface area contributed by atoms with E-state index in [1.165, 1.54) is 18.4 Å². The van der Waals surface area contributed by atoms with Crippen LogP contribution in [0.4, 0.5) is 5.82 Å². The third-order valence-corrected chi connectivity index (χ3v) is 5.26. The molecule has 0 aliphatic rings. The second-order valence-corrected chi connectivity index (χ2v) is 7.34. The van der Waals surface area contributed by atoms with E-state index < -0.39 is 0 Å². The number of thioether (sulfide) groups is 1. The molecule has 3 rings (SSSR count). The predicted octanol–water partition coefficient (Wildman–Crippen LogP) is 4.50. The number of nitrogen functional groups attached to an aromatic ring is 1. The number of fused-ring (bicyclic) bond motifs is 1. The van der Waals surface area contributed by atoms with Gasteiger partial charge < -0.3 is 5.73 Å². The van der Waals surface area contributed by atoms with Gasteiger partial charge in [-0.25, -0.2) is 15.0 Å². The van der Waals surface area contributed by atoms with Crippen LogP contribution < -0.4 is 5.73 Å². The summed E-state index contributed by atoms with van der Waals surface area (Å²) in [6.07, 6.45) is 3.59. The smallest absolute Gasteiger partial charge is 0.191 e. The van der Waals surface area contributed by atoms with Crippen LogP contribution in [0.2, 0.25) is 0 Å². The van der Waals surface area contributed by atoms with Crippen molar-refractivity contribution in [2.45, 2.75) is 37.9 Å². The number of rotatable bonds is 7. The minimum atomic E-state index is 0.436. The molecule has 3 aromatic rings. The van der Waals surface area contributed by atoms with E-state index in [-0.39, 0.29) is 0 Å². The van der Waals surface area contributed by atoms with Crippen LogP contribution in [-0.4, -0.2) is 25.3 Å². The molecule has 7 heteroatoms. The predicted molar refractivity (Wildman–Crippen MR) is 103 cm³/mol. The number of aromatic nitrogens is 4. The molecule has 2 aromatic heterocycles. The molecule has 0 aliphatic carbocycles. The minimum absolute atomic E-state index is 0.436. The van der Waals surface area contributed by atoms with Crippen molar-refractivity contribution in [3.05, 3.63) is 40.6 Å². The zero-order valence-electron chi connectivity index (χ0n) is 13.6. The Balaban J connectivity index is 1.91. The first-order valence-electron chi connectivity index (χ1n) is 8.05. The van der Waals surface area contributed by atoms with Crippen LogP contribution in [0.25, 0.3) is 11.2 Å². The van der Waals surface area contributed by atoms with Gasteiger partial charge in [-0.1, -0.05) is 61.9 Å². The van der Waals surface area contributed by atoms with E-state index in [0.29, 0.717) is 17.9 Å². The summed E-state index contributed by atoms with van der Waals surface area (Å²) < 4.78 is 2.74. The Morgan fingerprint density at radius 1 is 1.12 bits per heavy atom. The molecule has 0 unspecified atom stereocenters. The van der Waals surface area contributed by atoms with Gasteiger partial charge in [0.25, 0.3) is 0 Å². The van der Waals surface area contributed by atoms with E-state index in [9.17, 15) is 0 Å². The van der Waals surface area contributed by atoms with E-state index in [4.69, 9.17) is 10.7 Å². The maximum absolute atomic E-state index is 6.10. The fourth-order valence-corrected chi connectivity index (χ4v) is 3.78. The summed E-state index contributed by atoms with van der Waals surface area (Å²) in [5.74, 6) is 1.44. The van der Waals surface area contributed by atoms with Gasteiger partial charge in [0.15, 0.2) is 26.9 Å². The molecule has 0 atom stereocenters. The number of nitrogens with zero attached hydrogens (tertiary/aromatic N) is 4. The zero-order chi connectivity index (χ0) is 16.9. The normalized spacial score (nSPS) is 11.2. The maximum Gasteiger partial charge on any atom is 0.191 e. The first-order chi connectivity index (χ1) is 11.7. The third-order valence-electron chi connectivity index (χ3n) is 3.72. The summed E-state index contributed by atoms with van der Waals surface area (Å²) >= 11 is 5.18. The molecule has 1 aromatic carbocycles. The second-order valence-electron chi connectivity index (χ2n) is 5.57. The second kappa shape index (κ2) is 7.98. The average Bonchev–Trinajstić information content (AvgIpc) is 2.90. The molecular formula is C17H20BrN5S. The van der Waals surface area contributed by atoms with Crippen molar-refractivity contribution in [3.63, 3.8) is 0 Å². The summed E-state index contributed by atoms with van der Waals surface area (Å²) in [6.45, 7) is 2.89. The van der Waals surface area contributed by atoms with Gasteiger partial charge in [0.1, 0.15) is 0 Å². The first-order valence-corrected chi connectivity index (χ1v) is 9.83. The van der Waals surface area contributed by atoms with Gasteiger partial charge in [0, 0.05) is 5.75 Å². The van der Waals surface area contributed by atoms with Gasteiger partial charge in [-0.05, 0) is 27.9 Å². The summed E-state index contributed by atoms with van der Waals surface area (Å²) in [4.78, 5) is 13.6. The van der Waals surface area contributed by atoms with E-state index in [0.717, 1.165) is 27.7 Å². The first kappa shape index (κ1) is 17.2. The van der Waals surface area contributed by atoms with Gasteiger partial charge in [0.2, 0.25) is 0 Å². The van der Waals surface area contributed by atoms with Crippen molar-refractivity contribution < 1.29 is 0 Å². The van der Waals surface area contributed by atoms with Crippen molar-refractivity contribution in [1.82, 2.24) is 19.5 Å². The van der Waals surface area contributed by atoms with Crippen molar-refractivity contribution in [2.24, 2.45) is 0 Å². The molecule has 2 N–H and O–H groups in total. The topological polar surface area (TPSA) is 69.6 Å². The van der Waals surface area contributed by atoms with Crippen molar-refractivity contribution in [1.29, 1.82) is 0 Å². The van der Waals surface area contributed by atoms with E-state index in [1.807, 2.05) is 22.8 Å². The van der Waals surface area contributed by atoms with E-state index >= 15 is 0 Å². The Morgan fingerprint density at radius 2 is 1.92 bits per heavy atom. The Bertz CT molecular complexity index is 819. The summed E-state index contributed by atoms with van der Waals surface area (Å²) in [5.41, 5.74) is 8.71. The van der Waals surface area contributed by atoms with Crippen LogP contribution in [-0.2, 0) is 6.54 Å². The molecular weight excluding hydrogens is 386 g/mol. The Hall–Kier alpha value is -1.60. The van der Waals surface area contributed by atoms with Crippen LogP contribution in [0.3, 0.4) is 0 Å². The number of hydrogen-bond donors (Lipinski definition) is 1. The molecule has 0 bridgehead atoms. The lowest BCUT2D eigenvalue weighted by Crippen LogP contribution is -2.03. The maximum atomic E-state index is 6.10. The highest BCUT2D eigenvalue weighted by Crippen LogP contribution is 2.26. The van der Waals surface area contributed by atoms with E-state index in [2.05, 4.69) is 45.0 Å². The van der Waals surface area contributed by atoms with Crippen LogP contribution in [0.15, 0.2) is 40.2 Å². The molecule has 0 aliphatic heterocycles. The van der Waals surface area contributed by atoms with Gasteiger partial charge in [-0.2, -0.15) is 0 Å². The van der Waals surface area contributed by atoms with Crippen LogP contribution in [0.1, 0.15) is 31.7 Å². The van der Waals surface area contributed by atoms with Crippen molar-refractivity contribution in [3.8, 4) is 0 Å². The highest BCUT2D eigenvalue weighted by molar-refractivity contribution is 9.10. The lowest BCUT2D eigenvalue weighted by molar-refractivity contribution is 0.774. The number of nitrogens with two attached hydrogens (primary N) is 1. The number of benzene rings is 1. The molecule has 0 amide bonds. The molecule has 0 spiro atoms. The van der Waals surface area contributed by atoms with Crippen molar-refractivity contribution in [2.75, 3.05) is 11.5 Å². The summed E-state index contributed by atoms with van der Waals surface area (Å²) in [6, 6.07) is 10.2. The molecule has 0 radical (unpaired) electrons. The lowest BCUT2D eigenvalue weighted by atomic mass is 10.2. The summed E-state index contributed by atoms with van der Waals surface area (Å²) in [5, 5.41) is 0.720. The van der Waals surface area contributed by atoms with Crippen LogP contribution >= 0.6 is 27.7 Å².